The first-order valence-corrected chi connectivity index (χ1v) is 4.83. The molecule has 0 saturated heterocycles. The monoisotopic (exact) mass is 199 g/mol. The van der Waals surface area contributed by atoms with Crippen LogP contribution in [0, 0.1) is 11.3 Å². The van der Waals surface area contributed by atoms with Gasteiger partial charge in [-0.05, 0) is 17.7 Å². The third-order valence-electron chi connectivity index (χ3n) is 1.46. The van der Waals surface area contributed by atoms with Crippen LogP contribution in [-0.4, -0.2) is 8.42 Å². The zero-order valence-corrected chi connectivity index (χ0v) is 7.38. The number of hydrogen-bond acceptors (Lipinski definition) is 3. The van der Waals surface area contributed by atoms with E-state index in [2.05, 4.69) is 0 Å². The molecule has 0 aliphatic carbocycles. The van der Waals surface area contributed by atoms with E-state index in [0.29, 0.717) is 5.56 Å². The fourth-order valence-corrected chi connectivity index (χ4v) is 1.43. The summed E-state index contributed by atoms with van der Waals surface area (Å²) < 4.78 is 33.3. The van der Waals surface area contributed by atoms with E-state index in [1.54, 1.807) is 6.07 Å². The molecule has 0 aromatic heterocycles. The molecule has 0 aliphatic rings. The molecule has 1 rings (SSSR count). The molecule has 5 heteroatoms. The summed E-state index contributed by atoms with van der Waals surface area (Å²) in [6, 6.07) is 7.12. The Morgan fingerprint density at radius 3 is 2.69 bits per heavy atom. The van der Waals surface area contributed by atoms with Gasteiger partial charge in [0, 0.05) is 0 Å². The Morgan fingerprint density at radius 1 is 1.46 bits per heavy atom. The van der Waals surface area contributed by atoms with E-state index in [-0.39, 0.29) is 6.42 Å². The highest BCUT2D eigenvalue weighted by atomic mass is 32.3. The molecule has 0 aliphatic heterocycles. The maximum absolute atomic E-state index is 12.4. The van der Waals surface area contributed by atoms with Gasteiger partial charge >= 0.3 is 10.2 Å². The number of halogens is 1. The molecule has 0 spiro atoms. The number of nitrogens with zero attached hydrogens (tertiary/aromatic N) is 1. The Hall–Kier alpha value is -1.41. The van der Waals surface area contributed by atoms with Crippen LogP contribution in [0.15, 0.2) is 29.2 Å². The Labute approximate surface area is 75.6 Å². The lowest BCUT2D eigenvalue weighted by Gasteiger charge is -1.96. The van der Waals surface area contributed by atoms with Crippen molar-refractivity contribution in [2.45, 2.75) is 11.3 Å². The molecule has 0 radical (unpaired) electrons. The standard InChI is InChI=1S/C8H6FNO2S/c9-13(11,12)8-3-1-2-7(6-8)4-5-10/h1-3,6H,4H2. The van der Waals surface area contributed by atoms with Gasteiger partial charge in [-0.1, -0.05) is 12.1 Å². The first-order valence-electron chi connectivity index (χ1n) is 3.44. The topological polar surface area (TPSA) is 57.9 Å². The van der Waals surface area contributed by atoms with E-state index < -0.39 is 15.1 Å². The lowest BCUT2D eigenvalue weighted by Crippen LogP contribution is -1.93. The second kappa shape index (κ2) is 3.54. The summed E-state index contributed by atoms with van der Waals surface area (Å²) in [5, 5.41) is 8.32. The first kappa shape index (κ1) is 9.68. The molecule has 0 amide bonds. The summed E-state index contributed by atoms with van der Waals surface area (Å²) in [6.07, 6.45) is 0.0728. The van der Waals surface area contributed by atoms with E-state index in [1.165, 1.54) is 6.07 Å². The van der Waals surface area contributed by atoms with E-state index in [9.17, 15) is 12.3 Å². The minimum atomic E-state index is -4.65. The molecular formula is C8H6FNO2S. The zero-order valence-electron chi connectivity index (χ0n) is 6.57. The van der Waals surface area contributed by atoms with Gasteiger partial charge in [0.05, 0.1) is 17.4 Å². The predicted molar refractivity (Wildman–Crippen MR) is 44.1 cm³/mol. The maximum atomic E-state index is 12.4. The molecule has 0 fully saturated rings. The van der Waals surface area contributed by atoms with Crippen molar-refractivity contribution >= 4 is 10.2 Å². The predicted octanol–water partition coefficient (Wildman–Crippen LogP) is 1.41. The van der Waals surface area contributed by atoms with Gasteiger partial charge in [0.25, 0.3) is 0 Å². The molecule has 0 N–H and O–H groups in total. The van der Waals surface area contributed by atoms with Crippen molar-refractivity contribution in [3.05, 3.63) is 29.8 Å². The van der Waals surface area contributed by atoms with Gasteiger partial charge in [0.2, 0.25) is 0 Å². The molecule has 0 atom stereocenters. The average molecular weight is 199 g/mol. The Bertz CT molecular complexity index is 447. The van der Waals surface area contributed by atoms with Crippen LogP contribution in [0.5, 0.6) is 0 Å². The molecule has 0 bridgehead atoms. The highest BCUT2D eigenvalue weighted by Gasteiger charge is 2.11. The average Bonchev–Trinajstić information content (AvgIpc) is 2.04. The molecule has 0 saturated carbocycles. The Morgan fingerprint density at radius 2 is 2.15 bits per heavy atom. The van der Waals surface area contributed by atoms with Crippen molar-refractivity contribution in [3.63, 3.8) is 0 Å². The minimum Gasteiger partial charge on any atom is -0.198 e. The van der Waals surface area contributed by atoms with Gasteiger partial charge in [-0.15, -0.1) is 3.89 Å². The van der Waals surface area contributed by atoms with Gasteiger partial charge in [-0.2, -0.15) is 13.7 Å². The fraction of sp³-hybridized carbons (Fsp3) is 0.125. The quantitative estimate of drug-likeness (QED) is 0.676. The van der Waals surface area contributed by atoms with Crippen molar-refractivity contribution in [1.29, 1.82) is 5.26 Å². The maximum Gasteiger partial charge on any atom is 0.332 e. The molecule has 68 valence electrons. The summed E-state index contributed by atoms with van der Waals surface area (Å²) >= 11 is 0. The highest BCUT2D eigenvalue weighted by Crippen LogP contribution is 2.13. The van der Waals surface area contributed by atoms with Gasteiger partial charge in [0.1, 0.15) is 0 Å². The lowest BCUT2D eigenvalue weighted by atomic mass is 10.2. The third kappa shape index (κ3) is 2.53. The van der Waals surface area contributed by atoms with Crippen molar-refractivity contribution in [2.75, 3.05) is 0 Å². The van der Waals surface area contributed by atoms with Crippen molar-refractivity contribution in [1.82, 2.24) is 0 Å². The summed E-state index contributed by atoms with van der Waals surface area (Å²) in [5.74, 6) is 0. The summed E-state index contributed by atoms with van der Waals surface area (Å²) in [4.78, 5) is -0.403. The van der Waals surface area contributed by atoms with E-state index in [4.69, 9.17) is 5.26 Å². The molecule has 13 heavy (non-hydrogen) atoms. The highest BCUT2D eigenvalue weighted by molar-refractivity contribution is 7.86. The molecule has 3 nitrogen and oxygen atoms in total. The third-order valence-corrected chi connectivity index (χ3v) is 2.28. The van der Waals surface area contributed by atoms with Crippen LogP contribution < -0.4 is 0 Å². The molecule has 1 aromatic rings. The summed E-state index contributed by atoms with van der Waals surface area (Å²) in [5.41, 5.74) is 0.487. The SMILES string of the molecule is N#CCc1cccc(S(=O)(=O)F)c1. The number of hydrogen-bond donors (Lipinski definition) is 0. The summed E-state index contributed by atoms with van der Waals surface area (Å²) in [7, 11) is -4.65. The number of nitriles is 1. The minimum absolute atomic E-state index is 0.0728. The van der Waals surface area contributed by atoms with Crippen molar-refractivity contribution in [2.24, 2.45) is 0 Å². The molecule has 0 unspecified atom stereocenters. The Balaban J connectivity index is 3.15. The van der Waals surface area contributed by atoms with Crippen LogP contribution in [0.3, 0.4) is 0 Å². The molecular weight excluding hydrogens is 193 g/mol. The van der Waals surface area contributed by atoms with Crippen LogP contribution in [0.25, 0.3) is 0 Å². The smallest absolute Gasteiger partial charge is 0.198 e. The van der Waals surface area contributed by atoms with E-state index in [1.807, 2.05) is 6.07 Å². The zero-order chi connectivity index (χ0) is 9.90. The normalized spacial score (nSPS) is 10.8. The fourth-order valence-electron chi connectivity index (χ4n) is 0.898. The van der Waals surface area contributed by atoms with E-state index in [0.717, 1.165) is 12.1 Å². The number of rotatable bonds is 2. The van der Waals surface area contributed by atoms with Crippen molar-refractivity contribution in [3.8, 4) is 6.07 Å². The largest absolute Gasteiger partial charge is 0.332 e. The van der Waals surface area contributed by atoms with Crippen LogP contribution in [0.4, 0.5) is 3.89 Å². The van der Waals surface area contributed by atoms with Gasteiger partial charge in [-0.3, -0.25) is 0 Å². The second-order valence-electron chi connectivity index (χ2n) is 2.42. The molecule has 0 heterocycles. The first-order chi connectivity index (χ1) is 6.04. The van der Waals surface area contributed by atoms with Crippen molar-refractivity contribution < 1.29 is 12.3 Å². The van der Waals surface area contributed by atoms with Crippen LogP contribution in [0.1, 0.15) is 5.56 Å². The number of benzene rings is 1. The van der Waals surface area contributed by atoms with Crippen LogP contribution in [0.2, 0.25) is 0 Å². The molecule has 1 aromatic carbocycles. The lowest BCUT2D eigenvalue weighted by molar-refractivity contribution is 0.552. The summed E-state index contributed by atoms with van der Waals surface area (Å²) in [6.45, 7) is 0. The van der Waals surface area contributed by atoms with Gasteiger partial charge in [0.15, 0.2) is 0 Å². The van der Waals surface area contributed by atoms with Gasteiger partial charge < -0.3 is 0 Å². The second-order valence-corrected chi connectivity index (χ2v) is 3.77. The van der Waals surface area contributed by atoms with Crippen LogP contribution in [-0.2, 0) is 16.6 Å². The van der Waals surface area contributed by atoms with E-state index >= 15 is 0 Å². The Kier molecular flexibility index (Phi) is 2.63. The van der Waals surface area contributed by atoms with Crippen LogP contribution >= 0.6 is 0 Å². The van der Waals surface area contributed by atoms with Gasteiger partial charge in [-0.25, -0.2) is 0 Å².